The van der Waals surface area contributed by atoms with Crippen molar-refractivity contribution in [2.75, 3.05) is 7.11 Å². The first-order chi connectivity index (χ1) is 17.0. The molecule has 1 N–H and O–H groups in total. The van der Waals surface area contributed by atoms with Crippen LogP contribution in [0.2, 0.25) is 0 Å². The number of aromatic nitrogens is 4. The molecule has 0 unspecified atom stereocenters. The number of rotatable bonds is 6. The highest BCUT2D eigenvalue weighted by Gasteiger charge is 2.34. The molecule has 0 aliphatic rings. The molecule has 11 heteroatoms. The van der Waals surface area contributed by atoms with Crippen LogP contribution in [0.5, 0.6) is 5.75 Å². The molecule has 3 aromatic heterocycles. The fraction of sp³-hybridized carbons (Fsp3) is 0.280. The van der Waals surface area contributed by atoms with Gasteiger partial charge >= 0.3 is 0 Å². The van der Waals surface area contributed by atoms with Gasteiger partial charge in [-0.15, -0.1) is 0 Å². The number of ether oxygens (including phenoxy) is 1. The van der Waals surface area contributed by atoms with E-state index in [1.165, 1.54) is 18.0 Å². The first-order valence-corrected chi connectivity index (χ1v) is 12.6. The van der Waals surface area contributed by atoms with Crippen molar-refractivity contribution in [3.63, 3.8) is 0 Å². The summed E-state index contributed by atoms with van der Waals surface area (Å²) in [5.74, 6) is -0.163. The number of imidazole rings is 1. The van der Waals surface area contributed by atoms with Gasteiger partial charge < -0.3 is 10.1 Å². The summed E-state index contributed by atoms with van der Waals surface area (Å²) in [4.78, 5) is 17.3. The second-order valence-corrected chi connectivity index (χ2v) is 11.9. The average molecular weight is 507 g/mol. The minimum atomic E-state index is -3.73. The van der Waals surface area contributed by atoms with E-state index in [9.17, 15) is 18.5 Å². The second kappa shape index (κ2) is 9.13. The van der Waals surface area contributed by atoms with E-state index in [-0.39, 0.29) is 23.1 Å². The topological polar surface area (TPSA) is 131 Å². The van der Waals surface area contributed by atoms with Crippen molar-refractivity contribution in [2.45, 2.75) is 37.0 Å². The molecule has 10 nitrogen and oxygen atoms in total. The Balaban J connectivity index is 1.70. The molecule has 36 heavy (non-hydrogen) atoms. The van der Waals surface area contributed by atoms with Crippen LogP contribution in [0.4, 0.5) is 0 Å². The van der Waals surface area contributed by atoms with Crippen molar-refractivity contribution >= 4 is 21.4 Å². The third kappa shape index (κ3) is 4.31. The van der Waals surface area contributed by atoms with Gasteiger partial charge in [0.2, 0.25) is 0 Å². The molecular formula is C25H26N6O4S. The predicted molar refractivity (Wildman–Crippen MR) is 133 cm³/mol. The SMILES string of the molecule is COc1cc2ncc(-c3cc(C(=O)NCc4ccccc4C#N)n(C)n3)n2cc1S(=O)(=O)C(C)(C)C. The van der Waals surface area contributed by atoms with Gasteiger partial charge in [0.25, 0.3) is 5.91 Å². The quantitative estimate of drug-likeness (QED) is 0.425. The molecular weight excluding hydrogens is 480 g/mol. The number of benzene rings is 1. The largest absolute Gasteiger partial charge is 0.495 e. The molecule has 0 aliphatic heterocycles. The number of methoxy groups -OCH3 is 1. The van der Waals surface area contributed by atoms with Crippen LogP contribution >= 0.6 is 0 Å². The number of amides is 1. The molecule has 0 saturated heterocycles. The summed E-state index contributed by atoms with van der Waals surface area (Å²) in [6, 6.07) is 12.3. The van der Waals surface area contributed by atoms with E-state index in [0.29, 0.717) is 33.9 Å². The molecule has 0 aliphatic carbocycles. The number of hydrogen-bond donors (Lipinski definition) is 1. The lowest BCUT2D eigenvalue weighted by atomic mass is 10.1. The van der Waals surface area contributed by atoms with Crippen LogP contribution < -0.4 is 10.1 Å². The number of carbonyl (C=O) groups excluding carboxylic acids is 1. The van der Waals surface area contributed by atoms with Gasteiger partial charge in [0, 0.05) is 25.9 Å². The highest BCUT2D eigenvalue weighted by atomic mass is 32.2. The number of nitrogens with one attached hydrogen (secondary N) is 1. The Morgan fingerprint density at radius 2 is 1.94 bits per heavy atom. The minimum Gasteiger partial charge on any atom is -0.495 e. The van der Waals surface area contributed by atoms with Crippen molar-refractivity contribution in [3.8, 4) is 23.2 Å². The fourth-order valence-corrected chi connectivity index (χ4v) is 5.03. The molecule has 0 saturated carbocycles. The van der Waals surface area contributed by atoms with E-state index in [0.717, 1.165) is 0 Å². The molecule has 3 heterocycles. The summed E-state index contributed by atoms with van der Waals surface area (Å²) >= 11 is 0. The maximum absolute atomic E-state index is 13.2. The lowest BCUT2D eigenvalue weighted by Crippen LogP contribution is -2.28. The van der Waals surface area contributed by atoms with E-state index in [1.54, 1.807) is 74.8 Å². The molecule has 0 fully saturated rings. The second-order valence-electron chi connectivity index (χ2n) is 9.18. The van der Waals surface area contributed by atoms with Crippen LogP contribution in [0.15, 0.2) is 53.7 Å². The molecule has 0 bridgehead atoms. The first-order valence-electron chi connectivity index (χ1n) is 11.1. The van der Waals surface area contributed by atoms with Crippen molar-refractivity contribution in [1.82, 2.24) is 24.5 Å². The van der Waals surface area contributed by atoms with Gasteiger partial charge in [-0.25, -0.2) is 13.4 Å². The van der Waals surface area contributed by atoms with E-state index >= 15 is 0 Å². The van der Waals surface area contributed by atoms with Crippen molar-refractivity contribution in [2.24, 2.45) is 7.05 Å². The van der Waals surface area contributed by atoms with Crippen molar-refractivity contribution < 1.29 is 17.9 Å². The summed E-state index contributed by atoms with van der Waals surface area (Å²) < 4.78 is 33.8. The van der Waals surface area contributed by atoms with Gasteiger partial charge in [-0.1, -0.05) is 18.2 Å². The number of fused-ring (bicyclic) bond motifs is 1. The summed E-state index contributed by atoms with van der Waals surface area (Å²) in [5.41, 5.74) is 2.92. The number of hydrogen-bond acceptors (Lipinski definition) is 7. The Bertz CT molecular complexity index is 1620. The van der Waals surface area contributed by atoms with Gasteiger partial charge in [0.15, 0.2) is 9.84 Å². The molecule has 0 radical (unpaired) electrons. The lowest BCUT2D eigenvalue weighted by molar-refractivity contribution is 0.0941. The maximum Gasteiger partial charge on any atom is 0.269 e. The van der Waals surface area contributed by atoms with Crippen molar-refractivity contribution in [3.05, 3.63) is 65.6 Å². The van der Waals surface area contributed by atoms with Gasteiger partial charge in [0.1, 0.15) is 27.7 Å². The van der Waals surface area contributed by atoms with Crippen LogP contribution in [0.25, 0.3) is 17.0 Å². The summed E-state index contributed by atoms with van der Waals surface area (Å²) in [7, 11) is -0.675. The number of sulfone groups is 1. The Kier molecular flexibility index (Phi) is 6.32. The van der Waals surface area contributed by atoms with E-state index in [2.05, 4.69) is 21.5 Å². The standard InChI is InChI=1S/C25H26N6O4S/c1-25(2,3)36(33,34)22-15-31-20(14-27-23(31)11-21(22)35-5)18-10-19(30(4)29-18)24(32)28-13-17-9-7-6-8-16(17)12-26/h6-11,14-15H,13H2,1-5H3,(H,28,32). The summed E-state index contributed by atoms with van der Waals surface area (Å²) in [6.07, 6.45) is 3.04. The third-order valence-corrected chi connectivity index (χ3v) is 8.34. The zero-order valence-corrected chi connectivity index (χ0v) is 21.4. The smallest absolute Gasteiger partial charge is 0.269 e. The Hall–Kier alpha value is -4.17. The highest BCUT2D eigenvalue weighted by molar-refractivity contribution is 7.92. The monoisotopic (exact) mass is 506 g/mol. The van der Waals surface area contributed by atoms with Crippen LogP contribution in [0, 0.1) is 11.3 Å². The predicted octanol–water partition coefficient (Wildman–Crippen LogP) is 3.12. The third-order valence-electron chi connectivity index (χ3n) is 5.84. The fourth-order valence-electron chi connectivity index (χ4n) is 3.72. The van der Waals surface area contributed by atoms with Gasteiger partial charge in [-0.05, 0) is 38.5 Å². The Labute approximate surface area is 209 Å². The maximum atomic E-state index is 13.2. The van der Waals surface area contributed by atoms with Gasteiger partial charge in [-0.3, -0.25) is 13.9 Å². The normalized spacial score (nSPS) is 11.9. The minimum absolute atomic E-state index is 0.0364. The van der Waals surface area contributed by atoms with Crippen LogP contribution in [-0.4, -0.2) is 45.3 Å². The molecule has 4 rings (SSSR count). The van der Waals surface area contributed by atoms with E-state index < -0.39 is 14.6 Å². The van der Waals surface area contributed by atoms with Crippen LogP contribution in [-0.2, 0) is 23.4 Å². The molecule has 4 aromatic rings. The molecule has 186 valence electrons. The Morgan fingerprint density at radius 3 is 2.61 bits per heavy atom. The van der Waals surface area contributed by atoms with Gasteiger partial charge in [-0.2, -0.15) is 10.4 Å². The van der Waals surface area contributed by atoms with E-state index in [4.69, 9.17) is 4.74 Å². The number of pyridine rings is 1. The van der Waals surface area contributed by atoms with Crippen LogP contribution in [0.1, 0.15) is 42.4 Å². The van der Waals surface area contributed by atoms with Crippen LogP contribution in [0.3, 0.4) is 0 Å². The van der Waals surface area contributed by atoms with E-state index in [1.807, 2.05) is 0 Å². The molecule has 1 amide bonds. The Morgan fingerprint density at radius 1 is 1.22 bits per heavy atom. The molecule has 0 atom stereocenters. The van der Waals surface area contributed by atoms with Crippen molar-refractivity contribution in [1.29, 1.82) is 5.26 Å². The van der Waals surface area contributed by atoms with Gasteiger partial charge in [0.05, 0.1) is 35.4 Å². The number of aryl methyl sites for hydroxylation is 1. The number of nitrogens with zero attached hydrogens (tertiary/aromatic N) is 5. The number of nitriles is 1. The average Bonchev–Trinajstić information content (AvgIpc) is 3.43. The molecule has 1 aromatic carbocycles. The highest BCUT2D eigenvalue weighted by Crippen LogP contribution is 2.34. The lowest BCUT2D eigenvalue weighted by Gasteiger charge is -2.21. The summed E-state index contributed by atoms with van der Waals surface area (Å²) in [5, 5.41) is 16.5. The summed E-state index contributed by atoms with van der Waals surface area (Å²) in [6.45, 7) is 5.06. The zero-order chi connectivity index (χ0) is 26.3. The zero-order valence-electron chi connectivity index (χ0n) is 20.6. The molecule has 0 spiro atoms. The first kappa shape index (κ1) is 24.9. The number of carbonyl (C=O) groups is 1.